The molecular formula is C10H18N2. The smallest absolute Gasteiger partial charge is 0.0209 e. The van der Waals surface area contributed by atoms with Crippen molar-refractivity contribution in [3.63, 3.8) is 0 Å². The molecule has 2 atom stereocenters. The molecule has 1 aliphatic heterocycles. The molecule has 0 aromatic carbocycles. The van der Waals surface area contributed by atoms with Crippen molar-refractivity contribution in [1.82, 2.24) is 5.32 Å². The first-order valence-corrected chi connectivity index (χ1v) is 4.68. The van der Waals surface area contributed by atoms with Crippen LogP contribution in [0.3, 0.4) is 0 Å². The molecule has 0 aromatic rings. The predicted octanol–water partition coefficient (Wildman–Crippen LogP) is 1.97. The Balaban J connectivity index is 2.48. The topological polar surface area (TPSA) is 35.9 Å². The van der Waals surface area contributed by atoms with Gasteiger partial charge in [0.05, 0.1) is 0 Å². The SMILES string of the molecule is C/C=C(\C=N)C1CCC(C)NC1. The molecule has 0 spiro atoms. The van der Waals surface area contributed by atoms with Gasteiger partial charge in [-0.05, 0) is 38.2 Å². The molecule has 1 aliphatic rings. The van der Waals surface area contributed by atoms with Crippen molar-refractivity contribution >= 4 is 6.21 Å². The fourth-order valence-electron chi connectivity index (χ4n) is 1.72. The van der Waals surface area contributed by atoms with Gasteiger partial charge in [0.2, 0.25) is 0 Å². The van der Waals surface area contributed by atoms with E-state index in [-0.39, 0.29) is 0 Å². The molecule has 2 unspecified atom stereocenters. The minimum Gasteiger partial charge on any atom is -0.314 e. The lowest BCUT2D eigenvalue weighted by Crippen LogP contribution is -2.37. The predicted molar refractivity (Wildman–Crippen MR) is 52.7 cm³/mol. The highest BCUT2D eigenvalue weighted by Gasteiger charge is 2.18. The van der Waals surface area contributed by atoms with Gasteiger partial charge in [0, 0.05) is 18.8 Å². The molecule has 1 fully saturated rings. The van der Waals surface area contributed by atoms with Gasteiger partial charge < -0.3 is 10.7 Å². The van der Waals surface area contributed by atoms with Crippen LogP contribution in [-0.2, 0) is 0 Å². The largest absolute Gasteiger partial charge is 0.314 e. The Labute approximate surface area is 74.6 Å². The third-order valence-electron chi connectivity index (χ3n) is 2.63. The fourth-order valence-corrected chi connectivity index (χ4v) is 1.72. The molecule has 0 amide bonds. The summed E-state index contributed by atoms with van der Waals surface area (Å²) in [6.07, 6.45) is 6.00. The summed E-state index contributed by atoms with van der Waals surface area (Å²) in [6.45, 7) is 5.27. The van der Waals surface area contributed by atoms with E-state index in [1.165, 1.54) is 24.6 Å². The van der Waals surface area contributed by atoms with Gasteiger partial charge in [0.1, 0.15) is 0 Å². The summed E-state index contributed by atoms with van der Waals surface area (Å²) in [6, 6.07) is 0.657. The average Bonchev–Trinajstić information content (AvgIpc) is 2.10. The third-order valence-corrected chi connectivity index (χ3v) is 2.63. The summed E-state index contributed by atoms with van der Waals surface area (Å²) >= 11 is 0. The van der Waals surface area contributed by atoms with Crippen LogP contribution in [0, 0.1) is 11.3 Å². The molecule has 0 radical (unpaired) electrons. The maximum atomic E-state index is 7.23. The van der Waals surface area contributed by atoms with Gasteiger partial charge in [-0.2, -0.15) is 0 Å². The monoisotopic (exact) mass is 166 g/mol. The second-order valence-electron chi connectivity index (χ2n) is 3.52. The standard InChI is InChI=1S/C10H18N2/c1-3-9(6-11)10-5-4-8(2)12-7-10/h3,6,8,10-12H,4-5,7H2,1-2H3/b9-3+,11-6?. The first-order valence-electron chi connectivity index (χ1n) is 4.68. The lowest BCUT2D eigenvalue weighted by molar-refractivity contribution is 0.362. The summed E-state index contributed by atoms with van der Waals surface area (Å²) in [5.74, 6) is 0.573. The Morgan fingerprint density at radius 1 is 1.50 bits per heavy atom. The minimum atomic E-state index is 0.573. The molecule has 2 nitrogen and oxygen atoms in total. The highest BCUT2D eigenvalue weighted by atomic mass is 14.9. The number of hydrogen-bond donors (Lipinski definition) is 2. The maximum Gasteiger partial charge on any atom is 0.0209 e. The van der Waals surface area contributed by atoms with Gasteiger partial charge in [-0.1, -0.05) is 6.08 Å². The number of piperidine rings is 1. The van der Waals surface area contributed by atoms with Crippen molar-refractivity contribution in [1.29, 1.82) is 5.41 Å². The Morgan fingerprint density at radius 2 is 2.25 bits per heavy atom. The molecule has 2 N–H and O–H groups in total. The van der Waals surface area contributed by atoms with Gasteiger partial charge in [-0.25, -0.2) is 0 Å². The summed E-state index contributed by atoms with van der Waals surface area (Å²) < 4.78 is 0. The van der Waals surface area contributed by atoms with Crippen molar-refractivity contribution in [2.24, 2.45) is 5.92 Å². The van der Waals surface area contributed by atoms with Crippen LogP contribution < -0.4 is 5.32 Å². The zero-order chi connectivity index (χ0) is 8.97. The van der Waals surface area contributed by atoms with Crippen LogP contribution in [-0.4, -0.2) is 18.8 Å². The van der Waals surface area contributed by atoms with E-state index in [0.29, 0.717) is 12.0 Å². The summed E-state index contributed by atoms with van der Waals surface area (Å²) in [7, 11) is 0. The van der Waals surface area contributed by atoms with Crippen LogP contribution in [0.15, 0.2) is 11.6 Å². The highest BCUT2D eigenvalue weighted by molar-refractivity contribution is 5.76. The molecule has 12 heavy (non-hydrogen) atoms. The summed E-state index contributed by atoms with van der Waals surface area (Å²) in [5.41, 5.74) is 1.18. The number of nitrogens with one attached hydrogen (secondary N) is 2. The quantitative estimate of drug-likeness (QED) is 0.604. The van der Waals surface area contributed by atoms with Gasteiger partial charge in [0.25, 0.3) is 0 Å². The van der Waals surface area contributed by atoms with E-state index < -0.39 is 0 Å². The molecule has 0 aromatic heterocycles. The van der Waals surface area contributed by atoms with E-state index in [1.54, 1.807) is 0 Å². The van der Waals surface area contributed by atoms with E-state index in [2.05, 4.69) is 18.3 Å². The number of hydrogen-bond acceptors (Lipinski definition) is 2. The summed E-state index contributed by atoms with van der Waals surface area (Å²) in [5, 5.41) is 10.7. The Bertz CT molecular complexity index is 176. The Hall–Kier alpha value is -0.630. The van der Waals surface area contributed by atoms with Crippen molar-refractivity contribution in [3.05, 3.63) is 11.6 Å². The second-order valence-corrected chi connectivity index (χ2v) is 3.52. The number of rotatable bonds is 2. The van der Waals surface area contributed by atoms with Crippen LogP contribution >= 0.6 is 0 Å². The van der Waals surface area contributed by atoms with Gasteiger partial charge in [-0.3, -0.25) is 0 Å². The van der Waals surface area contributed by atoms with E-state index >= 15 is 0 Å². The van der Waals surface area contributed by atoms with Gasteiger partial charge in [0.15, 0.2) is 0 Å². The molecule has 0 aliphatic carbocycles. The van der Waals surface area contributed by atoms with Crippen molar-refractivity contribution in [2.75, 3.05) is 6.54 Å². The molecular weight excluding hydrogens is 148 g/mol. The van der Waals surface area contributed by atoms with E-state index in [0.717, 1.165) is 6.54 Å². The van der Waals surface area contributed by atoms with Gasteiger partial charge in [-0.15, -0.1) is 0 Å². The first-order chi connectivity index (χ1) is 5.77. The molecule has 1 saturated heterocycles. The molecule has 2 heteroatoms. The molecule has 1 heterocycles. The van der Waals surface area contributed by atoms with Crippen LogP contribution in [0.1, 0.15) is 26.7 Å². The first kappa shape index (κ1) is 9.46. The molecule has 0 bridgehead atoms. The maximum absolute atomic E-state index is 7.23. The van der Waals surface area contributed by atoms with Gasteiger partial charge >= 0.3 is 0 Å². The highest BCUT2D eigenvalue weighted by Crippen LogP contribution is 2.20. The fraction of sp³-hybridized carbons (Fsp3) is 0.700. The van der Waals surface area contributed by atoms with Crippen molar-refractivity contribution in [3.8, 4) is 0 Å². The Kier molecular flexibility index (Phi) is 3.48. The van der Waals surface area contributed by atoms with Crippen LogP contribution in [0.5, 0.6) is 0 Å². The average molecular weight is 166 g/mol. The van der Waals surface area contributed by atoms with E-state index in [9.17, 15) is 0 Å². The molecule has 0 saturated carbocycles. The van der Waals surface area contributed by atoms with Crippen LogP contribution in [0.25, 0.3) is 0 Å². The van der Waals surface area contributed by atoms with Crippen molar-refractivity contribution < 1.29 is 0 Å². The van der Waals surface area contributed by atoms with E-state index in [1.807, 2.05) is 6.92 Å². The Morgan fingerprint density at radius 3 is 2.67 bits per heavy atom. The summed E-state index contributed by atoms with van der Waals surface area (Å²) in [4.78, 5) is 0. The molecule has 68 valence electrons. The lowest BCUT2D eigenvalue weighted by atomic mass is 9.89. The minimum absolute atomic E-state index is 0.573. The zero-order valence-corrected chi connectivity index (χ0v) is 7.93. The van der Waals surface area contributed by atoms with E-state index in [4.69, 9.17) is 5.41 Å². The number of allylic oxidation sites excluding steroid dienone is 1. The van der Waals surface area contributed by atoms with Crippen molar-refractivity contribution in [2.45, 2.75) is 32.7 Å². The lowest BCUT2D eigenvalue weighted by Gasteiger charge is -2.28. The third kappa shape index (κ3) is 2.18. The normalized spacial score (nSPS) is 31.7. The molecule has 1 rings (SSSR count). The zero-order valence-electron chi connectivity index (χ0n) is 7.93. The second kappa shape index (κ2) is 4.41. The van der Waals surface area contributed by atoms with Crippen LogP contribution in [0.2, 0.25) is 0 Å². The van der Waals surface area contributed by atoms with Crippen LogP contribution in [0.4, 0.5) is 0 Å².